The lowest BCUT2D eigenvalue weighted by molar-refractivity contribution is -0.146. The van der Waals surface area contributed by atoms with Crippen LogP contribution in [0.2, 0.25) is 0 Å². The lowest BCUT2D eigenvalue weighted by Gasteiger charge is -2.32. The Hall–Kier alpha value is -3.10. The van der Waals surface area contributed by atoms with E-state index in [1.165, 1.54) is 7.11 Å². The molecule has 156 valence electrons. The van der Waals surface area contributed by atoms with E-state index in [9.17, 15) is 19.2 Å². The molecule has 0 bridgehead atoms. The van der Waals surface area contributed by atoms with E-state index in [1.807, 2.05) is 0 Å². The van der Waals surface area contributed by atoms with Gasteiger partial charge in [0.15, 0.2) is 5.58 Å². The highest BCUT2D eigenvalue weighted by Gasteiger charge is 2.27. The first kappa shape index (κ1) is 20.6. The normalized spacial score (nSPS) is 14.8. The Morgan fingerprint density at radius 1 is 1.17 bits per heavy atom. The number of rotatable bonds is 6. The molecule has 1 saturated heterocycles. The second-order valence-electron chi connectivity index (χ2n) is 6.83. The number of ether oxygens (including phenoxy) is 2. The highest BCUT2D eigenvalue weighted by Crippen LogP contribution is 2.27. The number of carbonyl (C=O) groups is 3. The maximum absolute atomic E-state index is 12.4. The van der Waals surface area contributed by atoms with E-state index in [0.717, 1.165) is 0 Å². The molecule has 29 heavy (non-hydrogen) atoms. The Bertz CT molecular complexity index is 967. The second kappa shape index (κ2) is 8.93. The van der Waals surface area contributed by atoms with Crippen molar-refractivity contribution in [2.45, 2.75) is 38.6 Å². The van der Waals surface area contributed by atoms with Gasteiger partial charge in [-0.25, -0.2) is 9.59 Å². The maximum Gasteiger partial charge on any atom is 0.420 e. The third kappa shape index (κ3) is 4.49. The lowest BCUT2D eigenvalue weighted by atomic mass is 10.0. The summed E-state index contributed by atoms with van der Waals surface area (Å²) in [5.74, 6) is -1.47. The number of aromatic nitrogens is 1. The zero-order valence-corrected chi connectivity index (χ0v) is 16.5. The number of oxazole rings is 1. The molecule has 9 heteroatoms. The molecular formula is C20H24N2O7. The highest BCUT2D eigenvalue weighted by molar-refractivity contribution is 5.93. The molecule has 1 fully saturated rings. The van der Waals surface area contributed by atoms with Crippen LogP contribution in [0.1, 0.15) is 49.0 Å². The molecule has 2 heterocycles. The van der Waals surface area contributed by atoms with Crippen LogP contribution in [-0.2, 0) is 19.1 Å². The summed E-state index contributed by atoms with van der Waals surface area (Å²) < 4.78 is 16.4. The summed E-state index contributed by atoms with van der Waals surface area (Å²) in [4.78, 5) is 49.6. The third-order valence-electron chi connectivity index (χ3n) is 5.06. The van der Waals surface area contributed by atoms with Gasteiger partial charge in [0.25, 0.3) is 0 Å². The highest BCUT2D eigenvalue weighted by atomic mass is 16.5. The van der Waals surface area contributed by atoms with Gasteiger partial charge in [-0.05, 0) is 38.0 Å². The minimum Gasteiger partial charge on any atom is -0.466 e. The molecule has 0 aliphatic carbocycles. The minimum atomic E-state index is -0.492. The van der Waals surface area contributed by atoms with Crippen LogP contribution in [0.5, 0.6) is 0 Å². The van der Waals surface area contributed by atoms with Crippen molar-refractivity contribution >= 4 is 28.9 Å². The van der Waals surface area contributed by atoms with Crippen molar-refractivity contribution in [1.82, 2.24) is 9.47 Å². The van der Waals surface area contributed by atoms with E-state index < -0.39 is 11.7 Å². The molecule has 0 radical (unpaired) electrons. The first-order chi connectivity index (χ1) is 13.9. The maximum atomic E-state index is 12.4. The fourth-order valence-electron chi connectivity index (χ4n) is 3.60. The minimum absolute atomic E-state index is 0.0642. The van der Waals surface area contributed by atoms with Crippen LogP contribution in [0.25, 0.3) is 11.1 Å². The number of methoxy groups -OCH3 is 1. The summed E-state index contributed by atoms with van der Waals surface area (Å²) in [7, 11) is 1.30. The summed E-state index contributed by atoms with van der Waals surface area (Å²) in [6.07, 6.45) is 1.32. The first-order valence-electron chi connectivity index (χ1n) is 9.61. The molecule has 2 aromatic rings. The number of esters is 2. The van der Waals surface area contributed by atoms with Crippen molar-refractivity contribution in [3.63, 3.8) is 0 Å². The number of fused-ring (bicyclic) bond motifs is 1. The number of hydrogen-bond donors (Lipinski definition) is 0. The summed E-state index contributed by atoms with van der Waals surface area (Å²) in [5, 5.41) is 0. The summed E-state index contributed by atoms with van der Waals surface area (Å²) in [6.45, 7) is 2.97. The van der Waals surface area contributed by atoms with Crippen LogP contribution in [-0.4, -0.2) is 54.1 Å². The number of amides is 1. The van der Waals surface area contributed by atoms with E-state index in [-0.39, 0.29) is 30.8 Å². The van der Waals surface area contributed by atoms with Gasteiger partial charge in [-0.1, -0.05) is 0 Å². The average Bonchev–Trinajstić information content (AvgIpc) is 3.06. The van der Waals surface area contributed by atoms with Gasteiger partial charge in [0.2, 0.25) is 5.91 Å². The Morgan fingerprint density at radius 3 is 2.55 bits per heavy atom. The summed E-state index contributed by atoms with van der Waals surface area (Å²) in [6, 6.07) is 4.56. The molecule has 1 aliphatic rings. The van der Waals surface area contributed by atoms with Gasteiger partial charge in [-0.15, -0.1) is 0 Å². The fourth-order valence-corrected chi connectivity index (χ4v) is 3.60. The van der Waals surface area contributed by atoms with Gasteiger partial charge in [0.1, 0.15) is 0 Å². The molecule has 0 atom stereocenters. The quantitative estimate of drug-likeness (QED) is 0.677. The van der Waals surface area contributed by atoms with Gasteiger partial charge in [-0.3, -0.25) is 14.2 Å². The Kier molecular flexibility index (Phi) is 6.36. The monoisotopic (exact) mass is 404 g/mol. The van der Waals surface area contributed by atoms with Crippen molar-refractivity contribution < 1.29 is 28.3 Å². The van der Waals surface area contributed by atoms with Gasteiger partial charge < -0.3 is 18.8 Å². The smallest absolute Gasteiger partial charge is 0.420 e. The predicted octanol–water partition coefficient (Wildman–Crippen LogP) is 1.89. The van der Waals surface area contributed by atoms with Crippen molar-refractivity contribution in [3.05, 3.63) is 34.3 Å². The first-order valence-corrected chi connectivity index (χ1v) is 9.61. The Morgan fingerprint density at radius 2 is 1.90 bits per heavy atom. The van der Waals surface area contributed by atoms with Gasteiger partial charge >= 0.3 is 17.7 Å². The SMILES string of the molecule is CCOC(=O)CCC(=O)N1CCC(n2c(=O)oc3ccc(C(=O)OC)cc32)CC1. The number of piperidine rings is 1. The van der Waals surface area contributed by atoms with Crippen LogP contribution >= 0.6 is 0 Å². The molecule has 3 rings (SSSR count). The van der Waals surface area contributed by atoms with Crippen molar-refractivity contribution in [2.24, 2.45) is 0 Å². The molecule has 0 unspecified atom stereocenters. The van der Waals surface area contributed by atoms with Crippen molar-refractivity contribution in [1.29, 1.82) is 0 Å². The van der Waals surface area contributed by atoms with Crippen LogP contribution in [0, 0.1) is 0 Å². The zero-order chi connectivity index (χ0) is 21.0. The van der Waals surface area contributed by atoms with Gasteiger partial charge in [-0.2, -0.15) is 0 Å². The second-order valence-corrected chi connectivity index (χ2v) is 6.83. The predicted molar refractivity (Wildman–Crippen MR) is 103 cm³/mol. The van der Waals surface area contributed by atoms with E-state index in [2.05, 4.69) is 0 Å². The largest absolute Gasteiger partial charge is 0.466 e. The van der Waals surface area contributed by atoms with Crippen LogP contribution in [0.4, 0.5) is 0 Å². The van der Waals surface area contributed by atoms with Gasteiger partial charge in [0, 0.05) is 25.6 Å². The molecule has 1 aliphatic heterocycles. The molecule has 1 aromatic heterocycles. The zero-order valence-electron chi connectivity index (χ0n) is 16.5. The molecule has 0 spiro atoms. The van der Waals surface area contributed by atoms with Crippen LogP contribution < -0.4 is 5.76 Å². The molecule has 0 saturated carbocycles. The van der Waals surface area contributed by atoms with Crippen LogP contribution in [0.3, 0.4) is 0 Å². The van der Waals surface area contributed by atoms with Crippen molar-refractivity contribution in [3.8, 4) is 0 Å². The molecule has 1 aromatic carbocycles. The van der Waals surface area contributed by atoms with E-state index >= 15 is 0 Å². The number of likely N-dealkylation sites (tertiary alicyclic amines) is 1. The third-order valence-corrected chi connectivity index (χ3v) is 5.06. The number of nitrogens with zero attached hydrogens (tertiary/aromatic N) is 2. The number of hydrogen-bond acceptors (Lipinski definition) is 7. The molecular weight excluding hydrogens is 380 g/mol. The standard InChI is InChI=1S/C20H24N2O7/c1-3-28-18(24)7-6-17(23)21-10-8-14(9-11-21)22-15-12-13(19(25)27-2)4-5-16(15)29-20(22)26/h4-5,12,14H,3,6-11H2,1-2H3. The van der Waals surface area contributed by atoms with E-state index in [0.29, 0.717) is 49.2 Å². The number of benzene rings is 1. The van der Waals surface area contributed by atoms with Crippen molar-refractivity contribution in [2.75, 3.05) is 26.8 Å². The van der Waals surface area contributed by atoms with Gasteiger partial charge in [0.05, 0.1) is 31.2 Å². The molecule has 1 amide bonds. The average molecular weight is 404 g/mol. The molecule has 9 nitrogen and oxygen atoms in total. The van der Waals surface area contributed by atoms with E-state index in [4.69, 9.17) is 13.9 Å². The fraction of sp³-hybridized carbons (Fsp3) is 0.500. The van der Waals surface area contributed by atoms with E-state index in [1.54, 1.807) is 34.6 Å². The Balaban J connectivity index is 1.69. The molecule has 0 N–H and O–H groups in total. The topological polar surface area (TPSA) is 108 Å². The number of carbonyl (C=O) groups excluding carboxylic acids is 3. The Labute approximate surface area is 167 Å². The van der Waals surface area contributed by atoms with Crippen LogP contribution in [0.15, 0.2) is 27.4 Å². The summed E-state index contributed by atoms with van der Waals surface area (Å²) in [5.41, 5.74) is 1.27. The lowest BCUT2D eigenvalue weighted by Crippen LogP contribution is -2.40. The summed E-state index contributed by atoms with van der Waals surface area (Å²) >= 11 is 0.